The van der Waals surface area contributed by atoms with Gasteiger partial charge in [-0.15, -0.1) is 10.9 Å². The molecule has 1 unspecified atom stereocenters. The second-order valence-electron chi connectivity index (χ2n) is 16.6. The first-order chi connectivity index (χ1) is 21.5. The molecule has 0 aliphatic heterocycles. The molecule has 3 rings (SSSR count). The van der Waals surface area contributed by atoms with Gasteiger partial charge in [0.15, 0.2) is 34.9 Å². The molecule has 0 aromatic heterocycles. The summed E-state index contributed by atoms with van der Waals surface area (Å²) in [4.78, 5) is 0. The van der Waals surface area contributed by atoms with Crippen LogP contribution >= 0.6 is 8.58 Å². The van der Waals surface area contributed by atoms with E-state index >= 15 is 17.6 Å². The number of benzene rings is 3. The minimum Gasteiger partial charge on any atom is -0.207 e. The summed E-state index contributed by atoms with van der Waals surface area (Å²) in [6.07, 6.45) is 1.38. The van der Waals surface area contributed by atoms with Gasteiger partial charge in [0.2, 0.25) is 0 Å². The Morgan fingerprint density at radius 2 is 0.771 bits per heavy atom. The van der Waals surface area contributed by atoms with Gasteiger partial charge in [0.25, 0.3) is 0 Å². The predicted octanol–water partition coefficient (Wildman–Crippen LogP) is 9.52. The first-order valence-corrected chi connectivity index (χ1v) is 16.7. The van der Waals surface area contributed by atoms with Gasteiger partial charge >= 0.3 is 0 Å². The Morgan fingerprint density at radius 3 is 1.02 bits per heavy atom. The van der Waals surface area contributed by atoms with E-state index in [0.29, 0.717) is 5.30 Å². The fourth-order valence-corrected chi connectivity index (χ4v) is 8.89. The van der Waals surface area contributed by atoms with Gasteiger partial charge in [0.1, 0.15) is 30.0 Å². The van der Waals surface area contributed by atoms with Crippen molar-refractivity contribution in [1.29, 1.82) is 0 Å². The number of hydrogen-bond acceptors (Lipinski definition) is 0. The van der Waals surface area contributed by atoms with E-state index in [1.54, 1.807) is 20.8 Å². The molecule has 48 heavy (non-hydrogen) atoms. The summed E-state index contributed by atoms with van der Waals surface area (Å²) < 4.78 is 150. The second kappa shape index (κ2) is 13.1. The van der Waals surface area contributed by atoms with Crippen LogP contribution in [0.15, 0.2) is 23.4 Å². The van der Waals surface area contributed by atoms with Crippen molar-refractivity contribution < 1.29 is 43.9 Å². The highest BCUT2D eigenvalue weighted by Gasteiger charge is 2.39. The Labute approximate surface area is 278 Å². The molecule has 0 radical (unpaired) electrons. The molecule has 0 aliphatic rings. The molecular formula is C36H42BF10P. The first kappa shape index (κ1) is 39.6. The fraction of sp³-hybridized carbons (Fsp3) is 0.444. The van der Waals surface area contributed by atoms with Gasteiger partial charge in [-0.05, 0) is 27.2 Å². The average Bonchev–Trinajstić information content (AvgIpc) is 2.93. The molecule has 0 saturated heterocycles. The Balaban J connectivity index is 2.69. The van der Waals surface area contributed by atoms with E-state index in [-0.39, 0.29) is 10.6 Å². The number of allylic oxidation sites excluding steroid dienone is 1. The van der Waals surface area contributed by atoms with Crippen LogP contribution in [0, 0.1) is 63.6 Å². The molecule has 0 bridgehead atoms. The van der Waals surface area contributed by atoms with Crippen molar-refractivity contribution in [2.45, 2.75) is 99.3 Å². The van der Waals surface area contributed by atoms with Crippen molar-refractivity contribution in [2.75, 3.05) is 0 Å². The summed E-state index contributed by atoms with van der Waals surface area (Å²) in [7, 11) is -1.51. The van der Waals surface area contributed by atoms with Crippen LogP contribution in [0.3, 0.4) is 0 Å². The van der Waals surface area contributed by atoms with Crippen molar-refractivity contribution in [1.82, 2.24) is 0 Å². The van der Waals surface area contributed by atoms with Gasteiger partial charge in [0.05, 0.1) is 5.30 Å². The Bertz CT molecular complexity index is 1620. The minimum absolute atomic E-state index is 0.173. The third kappa shape index (κ3) is 7.66. The minimum atomic E-state index is -3.88. The van der Waals surface area contributed by atoms with Gasteiger partial charge in [-0.2, -0.15) is 0 Å². The molecule has 0 fully saturated rings. The lowest BCUT2D eigenvalue weighted by Crippen LogP contribution is -2.52. The zero-order valence-electron chi connectivity index (χ0n) is 29.3. The highest BCUT2D eigenvalue weighted by Crippen LogP contribution is 2.41. The number of rotatable bonds is 5. The quantitative estimate of drug-likeness (QED) is 0.0816. The predicted molar refractivity (Wildman–Crippen MR) is 178 cm³/mol. The summed E-state index contributed by atoms with van der Waals surface area (Å²) in [6.45, 7) is 18.5. The standard InChI is InChI=1S/C36H41BF10P/c1-33(2,3)15-19(48-32-17(35(7,8)9)13-16(34(4,5)6)14-18(32)36(10,11)12)37(20-22(38)26(42)30(46)27(43)23(20)39)21-24(40)28(44)31(47)29(45)25(21)41/h13-15,37,48H,1-12H3/q-1/p+1/b19-15-. The van der Waals surface area contributed by atoms with E-state index in [9.17, 15) is 26.3 Å². The average molecular weight is 706 g/mol. The Hall–Kier alpha value is -2.81. The lowest BCUT2D eigenvalue weighted by molar-refractivity contribution is 0.382. The van der Waals surface area contributed by atoms with Crippen LogP contribution in [0.4, 0.5) is 43.9 Å². The second-order valence-corrected chi connectivity index (χ2v) is 18.2. The van der Waals surface area contributed by atoms with Crippen molar-refractivity contribution >= 4 is 31.5 Å². The van der Waals surface area contributed by atoms with E-state index < -0.39 is 101 Å². The van der Waals surface area contributed by atoms with Crippen molar-refractivity contribution in [3.8, 4) is 0 Å². The Morgan fingerprint density at radius 1 is 0.479 bits per heavy atom. The van der Waals surface area contributed by atoms with Crippen LogP contribution in [0.1, 0.15) is 99.8 Å². The molecule has 0 aliphatic carbocycles. The molecule has 264 valence electrons. The van der Waals surface area contributed by atoms with Gasteiger partial charge in [-0.1, -0.05) is 107 Å². The van der Waals surface area contributed by atoms with Crippen molar-refractivity contribution in [3.05, 3.63) is 98.3 Å². The fourth-order valence-electron chi connectivity index (χ4n) is 5.98. The zero-order valence-corrected chi connectivity index (χ0v) is 30.5. The van der Waals surface area contributed by atoms with E-state index in [1.807, 2.05) is 74.4 Å². The van der Waals surface area contributed by atoms with Crippen LogP contribution in [0.2, 0.25) is 0 Å². The van der Waals surface area contributed by atoms with Gasteiger partial charge in [-0.25, -0.2) is 43.9 Å². The van der Waals surface area contributed by atoms with E-state index in [1.165, 1.54) is 6.08 Å². The summed E-state index contributed by atoms with van der Waals surface area (Å²) in [5.41, 5.74) is -3.35. The van der Waals surface area contributed by atoms with Crippen LogP contribution < -0.4 is 16.2 Å². The molecule has 0 saturated carbocycles. The van der Waals surface area contributed by atoms with Crippen LogP contribution in [0.5, 0.6) is 0 Å². The van der Waals surface area contributed by atoms with E-state index in [0.717, 1.165) is 16.7 Å². The SMILES string of the molecule is CC(C)(C)/C=C(\[PH2+]c1c(C(C)(C)C)cc(C(C)(C)C)cc1C(C)(C)C)[BH-](c1c(F)c(F)c(F)c(F)c1F)c1c(F)c(F)c(F)c(F)c1F. The largest absolute Gasteiger partial charge is 0.207 e. The van der Waals surface area contributed by atoms with E-state index in [4.69, 9.17) is 0 Å². The monoisotopic (exact) mass is 706 g/mol. The molecule has 12 heteroatoms. The van der Waals surface area contributed by atoms with Crippen LogP contribution in [-0.2, 0) is 16.2 Å². The van der Waals surface area contributed by atoms with Crippen molar-refractivity contribution in [3.63, 3.8) is 0 Å². The molecule has 1 atom stereocenters. The van der Waals surface area contributed by atoms with Gasteiger partial charge in [-0.3, -0.25) is 0 Å². The summed E-state index contributed by atoms with van der Waals surface area (Å²) in [5, 5.41) is 0.442. The third-order valence-corrected chi connectivity index (χ3v) is 10.2. The number of halogens is 10. The van der Waals surface area contributed by atoms with Crippen molar-refractivity contribution in [2.24, 2.45) is 5.41 Å². The zero-order chi connectivity index (χ0) is 37.2. The highest BCUT2D eigenvalue weighted by molar-refractivity contribution is 7.56. The molecule has 0 spiro atoms. The maximum absolute atomic E-state index is 15.7. The molecule has 0 nitrogen and oxygen atoms in total. The smallest absolute Gasteiger partial charge is 0.200 e. The normalized spacial score (nSPS) is 13.9. The summed E-state index contributed by atoms with van der Waals surface area (Å²) in [6, 6.07) is 3.90. The maximum Gasteiger partial charge on any atom is 0.200 e. The topological polar surface area (TPSA) is 0 Å². The van der Waals surface area contributed by atoms with Gasteiger partial charge in [0, 0.05) is 19.7 Å². The lowest BCUT2D eigenvalue weighted by atomic mass is 9.39. The van der Waals surface area contributed by atoms with Crippen LogP contribution in [-0.4, -0.2) is 6.71 Å². The molecular weight excluding hydrogens is 664 g/mol. The summed E-state index contributed by atoms with van der Waals surface area (Å²) in [5.74, 6) is -24.3. The lowest BCUT2D eigenvalue weighted by Gasteiger charge is -2.34. The van der Waals surface area contributed by atoms with Crippen LogP contribution in [0.25, 0.3) is 0 Å². The van der Waals surface area contributed by atoms with E-state index in [2.05, 4.69) is 0 Å². The summed E-state index contributed by atoms with van der Waals surface area (Å²) >= 11 is 0. The molecule has 3 aromatic carbocycles. The first-order valence-electron chi connectivity index (χ1n) is 15.5. The van der Waals surface area contributed by atoms with Gasteiger partial charge < -0.3 is 0 Å². The molecule has 0 N–H and O–H groups in total. The highest BCUT2D eigenvalue weighted by atomic mass is 31.1. The Kier molecular flexibility index (Phi) is 10.9. The third-order valence-electron chi connectivity index (χ3n) is 8.33. The molecule has 0 heterocycles. The molecule has 0 amide bonds. The maximum atomic E-state index is 15.7. The number of hydrogen-bond donors (Lipinski definition) is 0. The molecule has 3 aromatic rings.